The fourth-order valence-corrected chi connectivity index (χ4v) is 1.39. The molecule has 2 heterocycles. The van der Waals surface area contributed by atoms with Crippen molar-refractivity contribution in [3.05, 3.63) is 17.7 Å². The van der Waals surface area contributed by atoms with Crippen LogP contribution >= 0.6 is 0 Å². The van der Waals surface area contributed by atoms with E-state index in [1.165, 1.54) is 0 Å². The minimum atomic E-state index is 0.383. The van der Waals surface area contributed by atoms with Crippen LogP contribution in [-0.2, 0) is 0 Å². The lowest BCUT2D eigenvalue weighted by Gasteiger charge is -2.02. The van der Waals surface area contributed by atoms with E-state index < -0.39 is 0 Å². The number of rotatable bonds is 1. The summed E-state index contributed by atoms with van der Waals surface area (Å²) in [5.41, 5.74) is 3.84. The monoisotopic (exact) mass is 176 g/mol. The van der Waals surface area contributed by atoms with Crippen molar-refractivity contribution in [2.24, 2.45) is 0 Å². The number of hydrogen-bond acceptors (Lipinski definition) is 3. The van der Waals surface area contributed by atoms with Crippen molar-refractivity contribution in [2.75, 3.05) is 0 Å². The Bertz CT molecular complexity index is 430. The van der Waals surface area contributed by atoms with Gasteiger partial charge in [0.2, 0.25) is 0 Å². The van der Waals surface area contributed by atoms with Crippen LogP contribution in [0.5, 0.6) is 0 Å². The van der Waals surface area contributed by atoms with E-state index in [2.05, 4.69) is 34.0 Å². The summed E-state index contributed by atoms with van der Waals surface area (Å²) in [6, 6.07) is 0. The molecule has 4 nitrogen and oxygen atoms in total. The van der Waals surface area contributed by atoms with E-state index in [-0.39, 0.29) is 0 Å². The maximum atomic E-state index is 4.23. The molecule has 0 saturated carbocycles. The van der Waals surface area contributed by atoms with Gasteiger partial charge in [-0.15, -0.1) is 0 Å². The van der Waals surface area contributed by atoms with Crippen molar-refractivity contribution in [1.82, 2.24) is 20.2 Å². The molecular weight excluding hydrogens is 164 g/mol. The normalized spacial score (nSPS) is 11.4. The largest absolute Gasteiger partial charge is 0.280 e. The first-order chi connectivity index (χ1) is 6.20. The second-order valence-electron chi connectivity index (χ2n) is 3.46. The summed E-state index contributed by atoms with van der Waals surface area (Å²) in [5, 5.41) is 7.11. The lowest BCUT2D eigenvalue weighted by Crippen LogP contribution is -1.94. The molecule has 2 aromatic heterocycles. The van der Waals surface area contributed by atoms with Crippen LogP contribution in [0.2, 0.25) is 0 Å². The van der Waals surface area contributed by atoms with Crippen LogP contribution < -0.4 is 0 Å². The molecule has 2 rings (SSSR count). The first-order valence-electron chi connectivity index (χ1n) is 4.35. The molecule has 0 aliphatic heterocycles. The van der Waals surface area contributed by atoms with Crippen LogP contribution in [0, 0.1) is 6.92 Å². The Kier molecular flexibility index (Phi) is 1.76. The molecule has 4 heteroatoms. The molecule has 0 spiro atoms. The number of nitrogens with zero attached hydrogens (tertiary/aromatic N) is 3. The minimum absolute atomic E-state index is 0.383. The number of H-pyrrole nitrogens is 1. The molecule has 13 heavy (non-hydrogen) atoms. The Morgan fingerprint density at radius 3 is 2.69 bits per heavy atom. The molecule has 0 aromatic carbocycles. The molecule has 0 radical (unpaired) electrons. The van der Waals surface area contributed by atoms with Gasteiger partial charge in [0.1, 0.15) is 17.4 Å². The second kappa shape index (κ2) is 2.80. The summed E-state index contributed by atoms with van der Waals surface area (Å²) in [6.07, 6.45) is 1.60. The van der Waals surface area contributed by atoms with Gasteiger partial charge in [0.15, 0.2) is 0 Å². The number of hydrogen-bond donors (Lipinski definition) is 1. The highest BCUT2D eigenvalue weighted by atomic mass is 15.1. The number of nitrogens with one attached hydrogen (secondary N) is 1. The first kappa shape index (κ1) is 8.16. The van der Waals surface area contributed by atoms with Crippen LogP contribution in [0.4, 0.5) is 0 Å². The fraction of sp³-hybridized carbons (Fsp3) is 0.444. The standard InChI is InChI=1S/C9H12N4/c1-5(2)7-9-8(11-4-10-7)6(3)12-13-9/h4-5H,1-3H3,(H,12,13). The van der Waals surface area contributed by atoms with Crippen molar-refractivity contribution in [1.29, 1.82) is 0 Å². The van der Waals surface area contributed by atoms with Crippen LogP contribution in [0.1, 0.15) is 31.2 Å². The van der Waals surface area contributed by atoms with Gasteiger partial charge in [-0.2, -0.15) is 5.10 Å². The van der Waals surface area contributed by atoms with Gasteiger partial charge in [0.25, 0.3) is 0 Å². The summed E-state index contributed by atoms with van der Waals surface area (Å²) in [4.78, 5) is 8.41. The minimum Gasteiger partial charge on any atom is -0.280 e. The fourth-order valence-electron chi connectivity index (χ4n) is 1.39. The highest BCUT2D eigenvalue weighted by Crippen LogP contribution is 2.20. The molecule has 1 N–H and O–H groups in total. The van der Waals surface area contributed by atoms with Crippen molar-refractivity contribution in [3.63, 3.8) is 0 Å². The third kappa shape index (κ3) is 1.18. The summed E-state index contributed by atoms with van der Waals surface area (Å²) >= 11 is 0. The Labute approximate surface area is 76.4 Å². The first-order valence-corrected chi connectivity index (χ1v) is 4.35. The molecule has 0 unspecified atom stereocenters. The third-order valence-corrected chi connectivity index (χ3v) is 2.09. The molecule has 0 saturated heterocycles. The Morgan fingerprint density at radius 1 is 1.23 bits per heavy atom. The molecular formula is C9H12N4. The zero-order chi connectivity index (χ0) is 9.42. The molecule has 0 atom stereocenters. The van der Waals surface area contributed by atoms with E-state index in [9.17, 15) is 0 Å². The molecule has 0 bridgehead atoms. The molecule has 0 aliphatic rings. The van der Waals surface area contributed by atoms with Crippen molar-refractivity contribution in [3.8, 4) is 0 Å². The lowest BCUT2D eigenvalue weighted by atomic mass is 10.1. The van der Waals surface area contributed by atoms with Gasteiger partial charge < -0.3 is 0 Å². The van der Waals surface area contributed by atoms with Gasteiger partial charge in [-0.25, -0.2) is 9.97 Å². The zero-order valence-electron chi connectivity index (χ0n) is 8.00. The predicted octanol–water partition coefficient (Wildman–Crippen LogP) is 1.78. The molecule has 68 valence electrons. The van der Waals surface area contributed by atoms with Gasteiger partial charge in [-0.05, 0) is 12.8 Å². The maximum absolute atomic E-state index is 4.23. The van der Waals surface area contributed by atoms with Gasteiger partial charge in [-0.3, -0.25) is 5.10 Å². The van der Waals surface area contributed by atoms with E-state index in [1.807, 2.05) is 6.92 Å². The van der Waals surface area contributed by atoms with Gasteiger partial charge in [0, 0.05) is 0 Å². The third-order valence-electron chi connectivity index (χ3n) is 2.09. The Morgan fingerprint density at radius 2 is 2.00 bits per heavy atom. The summed E-state index contributed by atoms with van der Waals surface area (Å²) in [6.45, 7) is 6.17. The lowest BCUT2D eigenvalue weighted by molar-refractivity contribution is 0.823. The number of aromatic amines is 1. The average molecular weight is 176 g/mol. The van der Waals surface area contributed by atoms with Crippen LogP contribution in [0.3, 0.4) is 0 Å². The molecule has 2 aromatic rings. The predicted molar refractivity (Wildman–Crippen MR) is 50.5 cm³/mol. The molecule has 0 fully saturated rings. The van der Waals surface area contributed by atoms with E-state index in [4.69, 9.17) is 0 Å². The summed E-state index contributed by atoms with van der Waals surface area (Å²) < 4.78 is 0. The van der Waals surface area contributed by atoms with Crippen molar-refractivity contribution in [2.45, 2.75) is 26.7 Å². The van der Waals surface area contributed by atoms with Crippen LogP contribution in [0.15, 0.2) is 6.33 Å². The second-order valence-corrected chi connectivity index (χ2v) is 3.46. The van der Waals surface area contributed by atoms with Gasteiger partial charge in [0.05, 0.1) is 11.4 Å². The highest BCUT2D eigenvalue weighted by molar-refractivity contribution is 5.78. The van der Waals surface area contributed by atoms with Crippen molar-refractivity contribution < 1.29 is 0 Å². The van der Waals surface area contributed by atoms with Gasteiger partial charge in [-0.1, -0.05) is 13.8 Å². The summed E-state index contributed by atoms with van der Waals surface area (Å²) in [5.74, 6) is 0.383. The Balaban J connectivity index is 2.77. The smallest absolute Gasteiger partial charge is 0.133 e. The quantitative estimate of drug-likeness (QED) is 0.720. The van der Waals surface area contributed by atoms with Crippen LogP contribution in [-0.4, -0.2) is 20.2 Å². The zero-order valence-corrected chi connectivity index (χ0v) is 8.00. The highest BCUT2D eigenvalue weighted by Gasteiger charge is 2.11. The van der Waals surface area contributed by atoms with E-state index >= 15 is 0 Å². The maximum Gasteiger partial charge on any atom is 0.133 e. The van der Waals surface area contributed by atoms with E-state index in [0.29, 0.717) is 5.92 Å². The van der Waals surface area contributed by atoms with Crippen molar-refractivity contribution >= 4 is 11.0 Å². The number of aromatic nitrogens is 4. The number of aryl methyl sites for hydroxylation is 1. The van der Waals surface area contributed by atoms with Crippen LogP contribution in [0.25, 0.3) is 11.0 Å². The molecule has 0 aliphatic carbocycles. The summed E-state index contributed by atoms with van der Waals surface area (Å²) in [7, 11) is 0. The van der Waals surface area contributed by atoms with E-state index in [1.54, 1.807) is 6.33 Å². The average Bonchev–Trinajstić information content (AvgIpc) is 2.48. The van der Waals surface area contributed by atoms with Gasteiger partial charge >= 0.3 is 0 Å². The SMILES string of the molecule is Cc1[nH]nc2c(C(C)C)ncnc12. The topological polar surface area (TPSA) is 54.5 Å². The number of fused-ring (bicyclic) bond motifs is 1. The Hall–Kier alpha value is -1.45. The molecule has 0 amide bonds. The van der Waals surface area contributed by atoms with E-state index in [0.717, 1.165) is 22.4 Å².